The molecule has 2 aromatic carbocycles. The Morgan fingerprint density at radius 3 is 2.39 bits per heavy atom. The van der Waals surface area contributed by atoms with Crippen LogP contribution in [0.15, 0.2) is 61.2 Å². The van der Waals surface area contributed by atoms with E-state index in [1.807, 2.05) is 30.7 Å². The molecule has 0 fully saturated rings. The van der Waals surface area contributed by atoms with E-state index >= 15 is 0 Å². The fourth-order valence-corrected chi connectivity index (χ4v) is 3.41. The zero-order valence-electron chi connectivity index (χ0n) is 22.3. The number of amides is 3. The lowest BCUT2D eigenvalue weighted by atomic mass is 10.0. The largest absolute Gasteiger partial charge is 0.461 e. The quantitative estimate of drug-likeness (QED) is 0.263. The second kappa shape index (κ2) is 15.8. The maximum atomic E-state index is 14.0. The predicted molar refractivity (Wildman–Crippen MR) is 145 cm³/mol. The van der Waals surface area contributed by atoms with Crippen LogP contribution in [-0.2, 0) is 20.9 Å². The van der Waals surface area contributed by atoms with E-state index < -0.39 is 0 Å². The summed E-state index contributed by atoms with van der Waals surface area (Å²) in [5, 5.41) is 8.17. The van der Waals surface area contributed by atoms with Crippen molar-refractivity contribution in [2.45, 2.75) is 53.2 Å². The highest BCUT2D eigenvalue weighted by molar-refractivity contribution is 5.89. The van der Waals surface area contributed by atoms with Crippen LogP contribution >= 0.6 is 0 Å². The Morgan fingerprint density at radius 1 is 1.08 bits per heavy atom. The van der Waals surface area contributed by atoms with E-state index in [1.165, 1.54) is 19.9 Å². The Kier molecular flexibility index (Phi) is 12.5. The zero-order valence-corrected chi connectivity index (χ0v) is 22.3. The van der Waals surface area contributed by atoms with Gasteiger partial charge in [0.05, 0.1) is 12.9 Å². The average Bonchev–Trinajstić information content (AvgIpc) is 3.39. The van der Waals surface area contributed by atoms with Gasteiger partial charge < -0.3 is 25.3 Å². The molecular weight excluding hydrogens is 489 g/mol. The third-order valence-corrected chi connectivity index (χ3v) is 5.38. The number of halogens is 1. The lowest BCUT2D eigenvalue weighted by molar-refractivity contribution is -0.146. The number of nitrogens with zero attached hydrogens (tertiary/aromatic N) is 2. The molecule has 1 atom stereocenters. The second-order valence-electron chi connectivity index (χ2n) is 8.67. The van der Waals surface area contributed by atoms with Gasteiger partial charge in [0.15, 0.2) is 0 Å². The number of carbonyl (C=O) groups excluding carboxylic acids is 3. The molecule has 0 saturated heterocycles. The maximum absolute atomic E-state index is 14.0. The summed E-state index contributed by atoms with van der Waals surface area (Å²) in [5.41, 5.74) is 2.86. The molecule has 38 heavy (non-hydrogen) atoms. The molecule has 204 valence electrons. The third-order valence-electron chi connectivity index (χ3n) is 5.38. The van der Waals surface area contributed by atoms with Gasteiger partial charge in [0.2, 0.25) is 5.91 Å². The first-order chi connectivity index (χ1) is 18.2. The molecule has 0 aliphatic rings. The summed E-state index contributed by atoms with van der Waals surface area (Å²) in [6, 6.07) is 12.0. The number of benzene rings is 2. The first-order valence-corrected chi connectivity index (χ1v) is 12.5. The van der Waals surface area contributed by atoms with Gasteiger partial charge in [0.25, 0.3) is 0 Å². The average molecular weight is 526 g/mol. The van der Waals surface area contributed by atoms with Gasteiger partial charge in [-0.1, -0.05) is 31.2 Å². The summed E-state index contributed by atoms with van der Waals surface area (Å²) in [6.07, 6.45) is 6.69. The van der Waals surface area contributed by atoms with Gasteiger partial charge in [-0.25, -0.2) is 14.2 Å². The summed E-state index contributed by atoms with van der Waals surface area (Å²) in [5.74, 6) is -0.672. The molecule has 0 saturated carbocycles. The van der Waals surface area contributed by atoms with Gasteiger partial charge in [-0.05, 0) is 49.1 Å². The molecule has 3 rings (SSSR count). The molecular formula is C28H36FN5O4. The summed E-state index contributed by atoms with van der Waals surface area (Å²) in [7, 11) is 0. The Balaban J connectivity index is 0.000000358. The number of anilines is 1. The van der Waals surface area contributed by atoms with E-state index in [0.717, 1.165) is 24.1 Å². The van der Waals surface area contributed by atoms with Crippen molar-refractivity contribution in [1.29, 1.82) is 0 Å². The highest BCUT2D eigenvalue weighted by atomic mass is 19.1. The summed E-state index contributed by atoms with van der Waals surface area (Å²) < 4.78 is 20.9. The molecule has 0 spiro atoms. The van der Waals surface area contributed by atoms with Crippen molar-refractivity contribution in [3.05, 3.63) is 72.6 Å². The number of aryl methyl sites for hydroxylation is 2. The standard InChI is InChI=1S/C20H21FN4O.C8H15NO3/c1-15-3-8-18(19(21)13-15)16-4-6-17(7-5-16)24-20(26)23-9-2-11-25-12-10-22-14-25;1-4-8(12-7(3)11)5-9-6(2)10/h3-8,10,12-14H,2,9,11H2,1H3,(H2,23,24,26);8H,4-5H2,1-3H3,(H,9,10). The zero-order chi connectivity index (χ0) is 27.9. The SMILES string of the molecule is CCC(CNC(C)=O)OC(C)=O.Cc1ccc(-c2ccc(NC(=O)NCCCn3ccnc3)cc2)c(F)c1. The number of imidazole rings is 1. The van der Waals surface area contributed by atoms with Gasteiger partial charge in [-0.15, -0.1) is 0 Å². The van der Waals surface area contributed by atoms with E-state index in [-0.39, 0.29) is 29.8 Å². The lowest BCUT2D eigenvalue weighted by Crippen LogP contribution is -2.32. The summed E-state index contributed by atoms with van der Waals surface area (Å²) in [6.45, 7) is 8.30. The van der Waals surface area contributed by atoms with Crippen molar-refractivity contribution in [3.63, 3.8) is 0 Å². The smallest absolute Gasteiger partial charge is 0.319 e. The molecule has 9 nitrogen and oxygen atoms in total. The monoisotopic (exact) mass is 525 g/mol. The molecule has 0 aliphatic carbocycles. The number of urea groups is 1. The molecule has 3 aromatic rings. The van der Waals surface area contributed by atoms with E-state index in [0.29, 0.717) is 30.8 Å². The number of ether oxygens (including phenoxy) is 1. The van der Waals surface area contributed by atoms with Crippen LogP contribution < -0.4 is 16.0 Å². The highest BCUT2D eigenvalue weighted by Gasteiger charge is 2.09. The van der Waals surface area contributed by atoms with Gasteiger partial charge in [-0.2, -0.15) is 0 Å². The number of hydrogen-bond donors (Lipinski definition) is 3. The number of aromatic nitrogens is 2. The van der Waals surface area contributed by atoms with E-state index in [4.69, 9.17) is 4.74 Å². The Labute approximate surface area is 222 Å². The van der Waals surface area contributed by atoms with E-state index in [2.05, 4.69) is 20.9 Å². The predicted octanol–water partition coefficient (Wildman–Crippen LogP) is 4.67. The van der Waals surface area contributed by atoms with Crippen LogP contribution in [0.1, 0.15) is 39.2 Å². The number of hydrogen-bond acceptors (Lipinski definition) is 5. The van der Waals surface area contributed by atoms with Crippen LogP contribution in [-0.4, -0.2) is 46.7 Å². The summed E-state index contributed by atoms with van der Waals surface area (Å²) >= 11 is 0. The van der Waals surface area contributed by atoms with E-state index in [1.54, 1.807) is 42.9 Å². The Bertz CT molecular complexity index is 1170. The molecule has 1 heterocycles. The van der Waals surface area contributed by atoms with Crippen molar-refractivity contribution in [2.75, 3.05) is 18.4 Å². The molecule has 1 unspecified atom stereocenters. The maximum Gasteiger partial charge on any atom is 0.319 e. The first kappa shape index (κ1) is 30.0. The fraction of sp³-hybridized carbons (Fsp3) is 0.357. The van der Waals surface area contributed by atoms with Gasteiger partial charge in [0.1, 0.15) is 11.9 Å². The van der Waals surface area contributed by atoms with Crippen LogP contribution in [0.5, 0.6) is 0 Å². The minimum absolute atomic E-state index is 0.111. The number of carbonyl (C=O) groups is 3. The topological polar surface area (TPSA) is 114 Å². The van der Waals surface area contributed by atoms with Gasteiger partial charge >= 0.3 is 12.0 Å². The van der Waals surface area contributed by atoms with E-state index in [9.17, 15) is 18.8 Å². The molecule has 1 aromatic heterocycles. The fourth-order valence-electron chi connectivity index (χ4n) is 3.41. The van der Waals surface area contributed by atoms with Crippen LogP contribution in [0.2, 0.25) is 0 Å². The normalized spacial score (nSPS) is 11.0. The summed E-state index contributed by atoms with van der Waals surface area (Å²) in [4.78, 5) is 36.9. The Hall–Kier alpha value is -4.21. The lowest BCUT2D eigenvalue weighted by Gasteiger charge is -2.14. The van der Waals surface area contributed by atoms with Crippen molar-refractivity contribution >= 4 is 23.6 Å². The third kappa shape index (κ3) is 11.2. The van der Waals surface area contributed by atoms with Crippen molar-refractivity contribution in [3.8, 4) is 11.1 Å². The van der Waals surface area contributed by atoms with Crippen molar-refractivity contribution in [2.24, 2.45) is 0 Å². The highest BCUT2D eigenvalue weighted by Crippen LogP contribution is 2.25. The van der Waals surface area contributed by atoms with Crippen molar-refractivity contribution in [1.82, 2.24) is 20.2 Å². The van der Waals surface area contributed by atoms with Crippen LogP contribution in [0.4, 0.5) is 14.9 Å². The van der Waals surface area contributed by atoms with Crippen LogP contribution in [0, 0.1) is 12.7 Å². The van der Waals surface area contributed by atoms with Crippen molar-refractivity contribution < 1.29 is 23.5 Å². The molecule has 0 radical (unpaired) electrons. The minimum atomic E-state index is -0.313. The number of rotatable bonds is 10. The van der Waals surface area contributed by atoms with Crippen LogP contribution in [0.25, 0.3) is 11.1 Å². The molecule has 3 amide bonds. The second-order valence-corrected chi connectivity index (χ2v) is 8.67. The Morgan fingerprint density at radius 2 is 1.82 bits per heavy atom. The number of esters is 1. The first-order valence-electron chi connectivity index (χ1n) is 12.5. The van der Waals surface area contributed by atoms with Gasteiger partial charge in [-0.3, -0.25) is 9.59 Å². The molecule has 0 aliphatic heterocycles. The molecule has 0 bridgehead atoms. The minimum Gasteiger partial charge on any atom is -0.461 e. The molecule has 3 N–H and O–H groups in total. The van der Waals surface area contributed by atoms with Crippen LogP contribution in [0.3, 0.4) is 0 Å². The molecule has 10 heteroatoms. The van der Waals surface area contributed by atoms with Gasteiger partial charge in [0, 0.05) is 50.6 Å². The number of nitrogens with one attached hydrogen (secondary N) is 3.